The molecule has 1 atom stereocenters. The molecule has 0 aliphatic carbocycles. The average Bonchev–Trinajstić information content (AvgIpc) is 3.13. The number of para-hydroxylation sites is 2. The van der Waals surface area contributed by atoms with Crippen molar-refractivity contribution in [3.05, 3.63) is 66.0 Å². The highest BCUT2D eigenvalue weighted by Crippen LogP contribution is 2.35. The molecule has 4 rings (SSSR count). The summed E-state index contributed by atoms with van der Waals surface area (Å²) >= 11 is 1.20. The first-order valence-electron chi connectivity index (χ1n) is 9.37. The highest BCUT2D eigenvalue weighted by Gasteiger charge is 2.27. The first kappa shape index (κ1) is 20.0. The minimum absolute atomic E-state index is 0.0529. The van der Waals surface area contributed by atoms with Gasteiger partial charge in [-0.25, -0.2) is 0 Å². The van der Waals surface area contributed by atoms with Crippen molar-refractivity contribution in [2.75, 3.05) is 12.4 Å². The van der Waals surface area contributed by atoms with Crippen molar-refractivity contribution in [1.82, 2.24) is 20.1 Å². The minimum atomic E-state index is -0.395. The summed E-state index contributed by atoms with van der Waals surface area (Å²) < 4.78 is 13.5. The van der Waals surface area contributed by atoms with E-state index in [1.165, 1.54) is 11.8 Å². The number of aromatic nitrogens is 3. The number of amides is 2. The lowest BCUT2D eigenvalue weighted by atomic mass is 10.1. The molecular weight excluding hydrogens is 404 g/mol. The van der Waals surface area contributed by atoms with E-state index in [4.69, 9.17) is 9.47 Å². The topological polar surface area (TPSA) is 95.3 Å². The number of ether oxygens (including phenoxy) is 2. The van der Waals surface area contributed by atoms with Crippen LogP contribution in [0.3, 0.4) is 0 Å². The van der Waals surface area contributed by atoms with Gasteiger partial charge in [-0.05, 0) is 17.7 Å². The molecule has 0 saturated carbocycles. The minimum Gasteiger partial charge on any atom is -0.485 e. The van der Waals surface area contributed by atoms with Crippen molar-refractivity contribution in [2.24, 2.45) is 7.05 Å². The van der Waals surface area contributed by atoms with E-state index in [0.717, 1.165) is 5.56 Å². The Bertz CT molecular complexity index is 1050. The second-order valence-corrected chi connectivity index (χ2v) is 7.63. The Labute approximate surface area is 177 Å². The standard InChI is InChI=1S/C21H20N4O4S/c1-25-20(17-12-28-15-9-5-6-10-16(15)29-17)23-24-21(25)30-13-19(27)22-18(26)11-14-7-3-2-4-8-14/h2-10,17H,11-13H2,1H3,(H,22,26,27)/t17-/m0/s1. The van der Waals surface area contributed by atoms with Crippen molar-refractivity contribution in [3.8, 4) is 11.5 Å². The monoisotopic (exact) mass is 424 g/mol. The molecule has 8 nitrogen and oxygen atoms in total. The van der Waals surface area contributed by atoms with Crippen LogP contribution in [0.5, 0.6) is 11.5 Å². The predicted octanol–water partition coefficient (Wildman–Crippen LogP) is 2.31. The lowest BCUT2D eigenvalue weighted by Gasteiger charge is -2.25. The first-order valence-corrected chi connectivity index (χ1v) is 10.4. The van der Waals surface area contributed by atoms with Crippen molar-refractivity contribution in [2.45, 2.75) is 17.7 Å². The van der Waals surface area contributed by atoms with Crippen LogP contribution < -0.4 is 14.8 Å². The third-order valence-corrected chi connectivity index (χ3v) is 5.50. The van der Waals surface area contributed by atoms with Gasteiger partial charge in [-0.1, -0.05) is 54.2 Å². The van der Waals surface area contributed by atoms with Gasteiger partial charge >= 0.3 is 0 Å². The van der Waals surface area contributed by atoms with E-state index in [1.54, 1.807) is 11.6 Å². The summed E-state index contributed by atoms with van der Waals surface area (Å²) in [6.07, 6.45) is -0.237. The second-order valence-electron chi connectivity index (χ2n) is 6.69. The Balaban J connectivity index is 1.31. The number of benzene rings is 2. The molecule has 0 radical (unpaired) electrons. The number of fused-ring (bicyclic) bond motifs is 1. The maximum atomic E-state index is 12.1. The lowest BCUT2D eigenvalue weighted by molar-refractivity contribution is -0.128. The van der Waals surface area contributed by atoms with Gasteiger partial charge in [-0.15, -0.1) is 10.2 Å². The maximum Gasteiger partial charge on any atom is 0.237 e. The average molecular weight is 424 g/mol. The van der Waals surface area contributed by atoms with Crippen LogP contribution in [0.15, 0.2) is 59.8 Å². The van der Waals surface area contributed by atoms with E-state index < -0.39 is 6.10 Å². The Hall–Kier alpha value is -3.33. The van der Waals surface area contributed by atoms with Crippen molar-refractivity contribution < 1.29 is 19.1 Å². The number of hydrogen-bond acceptors (Lipinski definition) is 7. The van der Waals surface area contributed by atoms with Gasteiger partial charge in [-0.2, -0.15) is 0 Å². The molecule has 2 amide bonds. The van der Waals surface area contributed by atoms with Gasteiger partial charge in [0.1, 0.15) is 6.61 Å². The Morgan fingerprint density at radius 1 is 1.07 bits per heavy atom. The van der Waals surface area contributed by atoms with Crippen LogP contribution in [0.4, 0.5) is 0 Å². The third kappa shape index (κ3) is 4.62. The molecule has 0 spiro atoms. The Morgan fingerprint density at radius 3 is 2.60 bits per heavy atom. The van der Waals surface area contributed by atoms with Crippen LogP contribution in [0.2, 0.25) is 0 Å². The summed E-state index contributed by atoms with van der Waals surface area (Å²) in [5, 5.41) is 11.3. The number of imide groups is 1. The quantitative estimate of drug-likeness (QED) is 0.607. The van der Waals surface area contributed by atoms with Crippen LogP contribution in [-0.4, -0.2) is 38.9 Å². The summed E-state index contributed by atoms with van der Waals surface area (Å²) in [6, 6.07) is 16.7. The molecule has 0 saturated heterocycles. The van der Waals surface area contributed by atoms with Crippen molar-refractivity contribution in [3.63, 3.8) is 0 Å². The van der Waals surface area contributed by atoms with Crippen LogP contribution in [0.25, 0.3) is 0 Å². The molecule has 0 fully saturated rings. The SMILES string of the molecule is Cn1c(SCC(=O)NC(=O)Cc2ccccc2)nnc1[C@@H]1COc2ccccc2O1. The number of nitrogens with one attached hydrogen (secondary N) is 1. The highest BCUT2D eigenvalue weighted by molar-refractivity contribution is 7.99. The molecule has 2 aromatic carbocycles. The van der Waals surface area contributed by atoms with E-state index in [9.17, 15) is 9.59 Å². The summed E-state index contributed by atoms with van der Waals surface area (Å²) in [7, 11) is 1.81. The van der Waals surface area contributed by atoms with Crippen LogP contribution in [-0.2, 0) is 23.1 Å². The molecule has 1 aliphatic rings. The van der Waals surface area contributed by atoms with E-state index >= 15 is 0 Å². The molecule has 154 valence electrons. The molecular formula is C21H20N4O4S. The largest absolute Gasteiger partial charge is 0.485 e. The fraction of sp³-hybridized carbons (Fsp3) is 0.238. The van der Waals surface area contributed by atoms with Gasteiger partial charge in [0.2, 0.25) is 11.8 Å². The zero-order valence-corrected chi connectivity index (χ0v) is 17.1. The van der Waals surface area contributed by atoms with Gasteiger partial charge in [0.15, 0.2) is 28.6 Å². The number of carbonyl (C=O) groups excluding carboxylic acids is 2. The van der Waals surface area contributed by atoms with E-state index in [-0.39, 0.29) is 24.0 Å². The van der Waals surface area contributed by atoms with Crippen molar-refractivity contribution >= 4 is 23.6 Å². The fourth-order valence-corrected chi connectivity index (χ4v) is 3.74. The number of carbonyl (C=O) groups is 2. The lowest BCUT2D eigenvalue weighted by Crippen LogP contribution is -2.33. The van der Waals surface area contributed by atoms with Crippen LogP contribution in [0, 0.1) is 0 Å². The van der Waals surface area contributed by atoms with Gasteiger partial charge in [0, 0.05) is 7.05 Å². The molecule has 1 N–H and O–H groups in total. The summed E-state index contributed by atoms with van der Waals surface area (Å²) in [4.78, 5) is 24.1. The predicted molar refractivity (Wildman–Crippen MR) is 110 cm³/mol. The van der Waals surface area contributed by atoms with Crippen LogP contribution >= 0.6 is 11.8 Å². The van der Waals surface area contributed by atoms with Gasteiger partial charge in [0.05, 0.1) is 12.2 Å². The summed E-state index contributed by atoms with van der Waals surface area (Å²) in [5.74, 6) is 1.29. The molecule has 30 heavy (non-hydrogen) atoms. The van der Waals surface area contributed by atoms with Gasteiger partial charge in [-0.3, -0.25) is 14.9 Å². The fourth-order valence-electron chi connectivity index (χ4n) is 3.03. The van der Waals surface area contributed by atoms with Crippen LogP contribution in [0.1, 0.15) is 17.5 Å². The maximum absolute atomic E-state index is 12.1. The smallest absolute Gasteiger partial charge is 0.237 e. The second kappa shape index (κ2) is 9.00. The summed E-state index contributed by atoms with van der Waals surface area (Å²) in [5.41, 5.74) is 0.852. The molecule has 2 heterocycles. The zero-order valence-electron chi connectivity index (χ0n) is 16.3. The number of thioether (sulfide) groups is 1. The Morgan fingerprint density at radius 2 is 1.80 bits per heavy atom. The molecule has 3 aromatic rings. The van der Waals surface area contributed by atoms with E-state index in [0.29, 0.717) is 29.1 Å². The van der Waals surface area contributed by atoms with Gasteiger partial charge < -0.3 is 14.0 Å². The van der Waals surface area contributed by atoms with Gasteiger partial charge in [0.25, 0.3) is 0 Å². The van der Waals surface area contributed by atoms with Crippen molar-refractivity contribution in [1.29, 1.82) is 0 Å². The molecule has 1 aromatic heterocycles. The molecule has 0 bridgehead atoms. The Kier molecular flexibility index (Phi) is 5.99. The van der Waals surface area contributed by atoms with E-state index in [1.807, 2.05) is 54.6 Å². The highest BCUT2D eigenvalue weighted by atomic mass is 32.2. The normalized spacial score (nSPS) is 14.9. The number of hydrogen-bond donors (Lipinski definition) is 1. The molecule has 1 aliphatic heterocycles. The zero-order chi connectivity index (χ0) is 20.9. The number of nitrogens with zero attached hydrogens (tertiary/aromatic N) is 3. The molecule has 0 unspecified atom stereocenters. The van der Waals surface area contributed by atoms with E-state index in [2.05, 4.69) is 15.5 Å². The third-order valence-electron chi connectivity index (χ3n) is 4.48. The molecule has 9 heteroatoms. The number of rotatable bonds is 6. The summed E-state index contributed by atoms with van der Waals surface area (Å²) in [6.45, 7) is 0.322. The first-order chi connectivity index (χ1) is 14.6.